The van der Waals surface area contributed by atoms with Crippen molar-refractivity contribution in [3.05, 3.63) is 75.8 Å². The second-order valence-electron chi connectivity index (χ2n) is 8.09. The van der Waals surface area contributed by atoms with Crippen LogP contribution in [0, 0.1) is 11.3 Å². The van der Waals surface area contributed by atoms with Gasteiger partial charge >= 0.3 is 5.97 Å². The van der Waals surface area contributed by atoms with Crippen LogP contribution in [-0.2, 0) is 11.2 Å². The Kier molecular flexibility index (Phi) is 7.81. The molecule has 0 atom stereocenters. The van der Waals surface area contributed by atoms with Gasteiger partial charge < -0.3 is 24.2 Å². The second kappa shape index (κ2) is 11.4. The number of carbonyl (C=O) groups is 1. The molecule has 8 heteroatoms. The number of aromatic amines is 1. The van der Waals surface area contributed by atoms with Crippen LogP contribution in [0.4, 0.5) is 0 Å². The number of esters is 1. The molecule has 0 unspecified atom stereocenters. The topological polar surface area (TPSA) is 117 Å². The Morgan fingerprint density at radius 1 is 1.11 bits per heavy atom. The van der Waals surface area contributed by atoms with Gasteiger partial charge in [-0.15, -0.1) is 0 Å². The first-order chi connectivity index (χ1) is 17.1. The van der Waals surface area contributed by atoms with Crippen molar-refractivity contribution < 1.29 is 18.7 Å². The highest BCUT2D eigenvalue weighted by atomic mass is 16.5. The third-order valence-electron chi connectivity index (χ3n) is 5.67. The first kappa shape index (κ1) is 24.0. The van der Waals surface area contributed by atoms with E-state index in [2.05, 4.69) is 16.4 Å². The highest BCUT2D eigenvalue weighted by molar-refractivity contribution is 5.89. The van der Waals surface area contributed by atoms with Gasteiger partial charge in [-0.05, 0) is 68.6 Å². The zero-order valence-electron chi connectivity index (χ0n) is 19.6. The molecule has 0 spiro atoms. The number of hydrogen-bond donors (Lipinski definition) is 2. The summed E-state index contributed by atoms with van der Waals surface area (Å²) in [7, 11) is 0. The monoisotopic (exact) mass is 473 g/mol. The Morgan fingerprint density at radius 3 is 2.83 bits per heavy atom. The molecular weight excluding hydrogens is 446 g/mol. The predicted molar refractivity (Wildman–Crippen MR) is 133 cm³/mol. The number of unbranched alkanes of at least 4 members (excludes halogenated alkanes) is 1. The van der Waals surface area contributed by atoms with E-state index in [1.54, 1.807) is 25.1 Å². The molecule has 8 nitrogen and oxygen atoms in total. The van der Waals surface area contributed by atoms with Crippen LogP contribution >= 0.6 is 0 Å². The van der Waals surface area contributed by atoms with Crippen molar-refractivity contribution in [2.45, 2.75) is 26.2 Å². The van der Waals surface area contributed by atoms with Gasteiger partial charge in [-0.3, -0.25) is 4.79 Å². The number of aryl methyl sites for hydroxylation is 1. The molecule has 4 rings (SSSR count). The summed E-state index contributed by atoms with van der Waals surface area (Å²) in [5.74, 6) is -0.237. The van der Waals surface area contributed by atoms with Crippen LogP contribution in [0.25, 0.3) is 21.9 Å². The molecule has 0 bridgehead atoms. The van der Waals surface area contributed by atoms with Gasteiger partial charge in [-0.2, -0.15) is 5.26 Å². The van der Waals surface area contributed by atoms with E-state index in [1.807, 2.05) is 24.4 Å². The van der Waals surface area contributed by atoms with E-state index < -0.39 is 5.97 Å². The van der Waals surface area contributed by atoms with Crippen molar-refractivity contribution >= 4 is 27.8 Å². The lowest BCUT2D eigenvalue weighted by Gasteiger charge is -2.09. The van der Waals surface area contributed by atoms with Crippen LogP contribution in [0.3, 0.4) is 0 Å². The number of H-pyrrole nitrogens is 1. The van der Waals surface area contributed by atoms with Crippen LogP contribution in [0.15, 0.2) is 57.9 Å². The molecule has 0 aliphatic heterocycles. The van der Waals surface area contributed by atoms with E-state index in [0.29, 0.717) is 29.9 Å². The van der Waals surface area contributed by atoms with Crippen LogP contribution in [0.2, 0.25) is 0 Å². The normalized spacial score (nSPS) is 11.0. The number of rotatable bonds is 11. The van der Waals surface area contributed by atoms with E-state index in [-0.39, 0.29) is 23.4 Å². The highest BCUT2D eigenvalue weighted by Gasteiger charge is 2.13. The van der Waals surface area contributed by atoms with Crippen molar-refractivity contribution in [1.82, 2.24) is 10.3 Å². The summed E-state index contributed by atoms with van der Waals surface area (Å²) in [4.78, 5) is 27.4. The van der Waals surface area contributed by atoms with Crippen LogP contribution < -0.4 is 15.5 Å². The van der Waals surface area contributed by atoms with E-state index in [1.165, 1.54) is 5.56 Å². The summed E-state index contributed by atoms with van der Waals surface area (Å²) in [6.07, 6.45) is 5.02. The summed E-state index contributed by atoms with van der Waals surface area (Å²) in [5.41, 5.74) is 2.94. The Bertz CT molecular complexity index is 1430. The standard InChI is InChI=1S/C27H27N3O5/c1-2-33-27(32)26-15-24(31)21-8-7-20(14-25(21)35-26)34-12-11-29-10-4-3-5-19-17-30-23-9-6-18(16-28)13-22(19)23/h6-9,13-15,17,29-30H,2-5,10-12H2,1H3. The lowest BCUT2D eigenvalue weighted by molar-refractivity contribution is 0.0490. The number of hydrogen-bond acceptors (Lipinski definition) is 7. The number of nitrogens with zero attached hydrogens (tertiary/aromatic N) is 1. The summed E-state index contributed by atoms with van der Waals surface area (Å²) >= 11 is 0. The Morgan fingerprint density at radius 2 is 2.00 bits per heavy atom. The van der Waals surface area contributed by atoms with E-state index in [9.17, 15) is 9.59 Å². The maximum Gasteiger partial charge on any atom is 0.374 e. The molecule has 0 saturated carbocycles. The minimum atomic E-state index is -0.668. The minimum absolute atomic E-state index is 0.124. The maximum atomic E-state index is 12.2. The smallest absolute Gasteiger partial charge is 0.374 e. The summed E-state index contributed by atoms with van der Waals surface area (Å²) in [6.45, 7) is 3.87. The van der Waals surface area contributed by atoms with Gasteiger partial charge in [0, 0.05) is 35.8 Å². The minimum Gasteiger partial charge on any atom is -0.492 e. The van der Waals surface area contributed by atoms with E-state index in [4.69, 9.17) is 19.2 Å². The SMILES string of the molecule is CCOC(=O)c1cc(=O)c2ccc(OCCNCCCCc3c[nH]c4ccc(C#N)cc34)cc2o1. The summed E-state index contributed by atoms with van der Waals surface area (Å²) in [6, 6.07) is 14.0. The molecule has 0 aliphatic carbocycles. The molecule has 35 heavy (non-hydrogen) atoms. The van der Waals surface area contributed by atoms with Gasteiger partial charge in [0.1, 0.15) is 17.9 Å². The fourth-order valence-corrected chi connectivity index (χ4v) is 3.91. The molecule has 2 N–H and O–H groups in total. The average molecular weight is 474 g/mol. The zero-order chi connectivity index (χ0) is 24.6. The fourth-order valence-electron chi connectivity index (χ4n) is 3.91. The molecule has 0 amide bonds. The van der Waals surface area contributed by atoms with Crippen molar-refractivity contribution in [2.75, 3.05) is 26.3 Å². The van der Waals surface area contributed by atoms with E-state index in [0.717, 1.165) is 42.8 Å². The molecular formula is C27H27N3O5. The van der Waals surface area contributed by atoms with Gasteiger partial charge in [-0.25, -0.2) is 4.79 Å². The lowest BCUT2D eigenvalue weighted by Crippen LogP contribution is -2.22. The van der Waals surface area contributed by atoms with Crippen molar-refractivity contribution in [1.29, 1.82) is 5.26 Å². The maximum absolute atomic E-state index is 12.2. The molecule has 2 aromatic carbocycles. The number of aromatic nitrogens is 1. The molecule has 0 fully saturated rings. The van der Waals surface area contributed by atoms with Gasteiger partial charge in [-0.1, -0.05) is 0 Å². The molecule has 0 saturated heterocycles. The zero-order valence-corrected chi connectivity index (χ0v) is 19.6. The summed E-state index contributed by atoms with van der Waals surface area (Å²) in [5, 5.41) is 14.0. The number of carbonyl (C=O) groups excluding carboxylic acids is 1. The third-order valence-corrected chi connectivity index (χ3v) is 5.67. The molecule has 180 valence electrons. The Balaban J connectivity index is 1.21. The van der Waals surface area contributed by atoms with Gasteiger partial charge in [0.05, 0.1) is 23.6 Å². The van der Waals surface area contributed by atoms with E-state index >= 15 is 0 Å². The Hall–Kier alpha value is -4.09. The third kappa shape index (κ3) is 5.89. The number of fused-ring (bicyclic) bond motifs is 2. The second-order valence-corrected chi connectivity index (χ2v) is 8.09. The largest absolute Gasteiger partial charge is 0.492 e. The molecule has 4 aromatic rings. The highest BCUT2D eigenvalue weighted by Crippen LogP contribution is 2.22. The average Bonchev–Trinajstić information content (AvgIpc) is 3.27. The molecule has 2 aromatic heterocycles. The van der Waals surface area contributed by atoms with Crippen LogP contribution in [-0.4, -0.2) is 37.3 Å². The van der Waals surface area contributed by atoms with Crippen molar-refractivity contribution in [3.8, 4) is 11.8 Å². The quantitative estimate of drug-likeness (QED) is 0.246. The number of ether oxygens (including phenoxy) is 2. The number of benzene rings is 2. The lowest BCUT2D eigenvalue weighted by atomic mass is 10.1. The Labute approximate surface area is 202 Å². The molecule has 0 radical (unpaired) electrons. The summed E-state index contributed by atoms with van der Waals surface area (Å²) < 4.78 is 16.2. The van der Waals surface area contributed by atoms with Gasteiger partial charge in [0.25, 0.3) is 0 Å². The predicted octanol–water partition coefficient (Wildman–Crippen LogP) is 4.31. The van der Waals surface area contributed by atoms with Gasteiger partial charge in [0.2, 0.25) is 5.76 Å². The first-order valence-electron chi connectivity index (χ1n) is 11.7. The van der Waals surface area contributed by atoms with Gasteiger partial charge in [0.15, 0.2) is 5.43 Å². The molecule has 0 aliphatic rings. The number of nitrogens with one attached hydrogen (secondary N) is 2. The van der Waals surface area contributed by atoms with Crippen molar-refractivity contribution in [3.63, 3.8) is 0 Å². The number of nitriles is 1. The van der Waals surface area contributed by atoms with Crippen LogP contribution in [0.1, 0.15) is 41.4 Å². The fraction of sp³-hybridized carbons (Fsp3) is 0.296. The first-order valence-corrected chi connectivity index (χ1v) is 11.7. The molecule has 2 heterocycles. The van der Waals surface area contributed by atoms with Crippen LogP contribution in [0.5, 0.6) is 5.75 Å². The van der Waals surface area contributed by atoms with Crippen molar-refractivity contribution in [2.24, 2.45) is 0 Å².